The van der Waals surface area contributed by atoms with E-state index in [0.717, 1.165) is 38.4 Å². The van der Waals surface area contributed by atoms with Crippen LogP contribution in [0.4, 0.5) is 0 Å². The number of aryl methyl sites for hydroxylation is 1. The van der Waals surface area contributed by atoms with Gasteiger partial charge in [0.25, 0.3) is 0 Å². The third-order valence-corrected chi connectivity index (χ3v) is 4.13. The fourth-order valence-electron chi connectivity index (χ4n) is 2.60. The van der Waals surface area contributed by atoms with Gasteiger partial charge in [0, 0.05) is 39.6 Å². The maximum Gasteiger partial charge on any atom is 0.239 e. The molecule has 0 spiro atoms. The third-order valence-electron chi connectivity index (χ3n) is 4.13. The molecule has 24 heavy (non-hydrogen) atoms. The molecule has 132 valence electrons. The molecule has 0 unspecified atom stereocenters. The first-order valence-electron chi connectivity index (χ1n) is 8.42. The van der Waals surface area contributed by atoms with Gasteiger partial charge >= 0.3 is 0 Å². The Hall–Kier alpha value is -1.92. The fraction of sp³-hybridized carbons (Fsp3) is 0.556. The van der Waals surface area contributed by atoms with Crippen molar-refractivity contribution in [3.63, 3.8) is 0 Å². The molecule has 1 N–H and O–H groups in total. The van der Waals surface area contributed by atoms with Crippen molar-refractivity contribution in [2.24, 2.45) is 0 Å². The molecule has 1 aromatic rings. The molecule has 0 atom stereocenters. The average molecular weight is 333 g/mol. The van der Waals surface area contributed by atoms with Crippen molar-refractivity contribution in [2.45, 2.75) is 20.4 Å². The number of rotatable bonds is 7. The summed E-state index contributed by atoms with van der Waals surface area (Å²) in [6.07, 6.45) is 0. The van der Waals surface area contributed by atoms with Gasteiger partial charge in [0.05, 0.1) is 19.8 Å². The van der Waals surface area contributed by atoms with E-state index in [-0.39, 0.29) is 18.4 Å². The van der Waals surface area contributed by atoms with Gasteiger partial charge in [-0.25, -0.2) is 0 Å². The Morgan fingerprint density at radius 2 is 1.88 bits per heavy atom. The minimum atomic E-state index is -0.120. The van der Waals surface area contributed by atoms with E-state index in [2.05, 4.69) is 10.2 Å². The van der Waals surface area contributed by atoms with E-state index in [1.54, 1.807) is 4.90 Å². The summed E-state index contributed by atoms with van der Waals surface area (Å²) >= 11 is 0. The van der Waals surface area contributed by atoms with Crippen LogP contribution in [0.15, 0.2) is 24.3 Å². The van der Waals surface area contributed by atoms with E-state index < -0.39 is 0 Å². The van der Waals surface area contributed by atoms with Crippen LogP contribution in [0.1, 0.15) is 18.1 Å². The van der Waals surface area contributed by atoms with Crippen LogP contribution < -0.4 is 5.32 Å². The van der Waals surface area contributed by atoms with Crippen LogP contribution in [0.2, 0.25) is 0 Å². The number of hydrogen-bond donors (Lipinski definition) is 1. The first kappa shape index (κ1) is 18.4. The number of carbonyl (C=O) groups excluding carboxylic acids is 2. The lowest BCUT2D eigenvalue weighted by molar-refractivity contribution is -0.134. The van der Waals surface area contributed by atoms with Crippen LogP contribution >= 0.6 is 0 Å². The molecule has 1 aliphatic rings. The van der Waals surface area contributed by atoms with Gasteiger partial charge in [-0.2, -0.15) is 0 Å². The minimum absolute atomic E-state index is 0.0896. The Bertz CT molecular complexity index is 539. The second-order valence-electron chi connectivity index (χ2n) is 6.16. The highest BCUT2D eigenvalue weighted by atomic mass is 16.5. The maximum absolute atomic E-state index is 12.1. The lowest BCUT2D eigenvalue weighted by atomic mass is 10.1. The Kier molecular flexibility index (Phi) is 7.21. The number of amides is 2. The van der Waals surface area contributed by atoms with Gasteiger partial charge in [0.1, 0.15) is 0 Å². The van der Waals surface area contributed by atoms with Gasteiger partial charge in [-0.05, 0) is 12.5 Å². The van der Waals surface area contributed by atoms with Crippen LogP contribution in [0, 0.1) is 6.92 Å². The summed E-state index contributed by atoms with van der Waals surface area (Å²) in [5.41, 5.74) is 2.20. The molecule has 6 nitrogen and oxygen atoms in total. The molecule has 0 bridgehead atoms. The summed E-state index contributed by atoms with van der Waals surface area (Å²) in [4.78, 5) is 27.7. The lowest BCUT2D eigenvalue weighted by Crippen LogP contribution is -2.44. The molecular formula is C18H27N3O3. The molecule has 6 heteroatoms. The topological polar surface area (TPSA) is 61.9 Å². The van der Waals surface area contributed by atoms with Crippen molar-refractivity contribution in [3.05, 3.63) is 35.4 Å². The summed E-state index contributed by atoms with van der Waals surface area (Å²) in [5, 5.41) is 2.89. The van der Waals surface area contributed by atoms with Crippen molar-refractivity contribution in [1.29, 1.82) is 0 Å². The number of benzene rings is 1. The normalized spacial score (nSPS) is 15.1. The highest BCUT2D eigenvalue weighted by molar-refractivity contribution is 5.83. The van der Waals surface area contributed by atoms with Gasteiger partial charge in [0.2, 0.25) is 11.8 Å². The molecule has 1 heterocycles. The number of nitrogens with one attached hydrogen (secondary N) is 1. The predicted molar refractivity (Wildman–Crippen MR) is 92.5 cm³/mol. The van der Waals surface area contributed by atoms with Crippen molar-refractivity contribution < 1.29 is 14.3 Å². The molecule has 1 fully saturated rings. The van der Waals surface area contributed by atoms with Crippen LogP contribution in [-0.4, -0.2) is 67.6 Å². The van der Waals surface area contributed by atoms with E-state index in [9.17, 15) is 9.59 Å². The van der Waals surface area contributed by atoms with E-state index in [1.807, 2.05) is 31.2 Å². The number of ether oxygens (including phenoxy) is 1. The molecule has 0 radical (unpaired) electrons. The molecule has 1 saturated heterocycles. The zero-order valence-corrected chi connectivity index (χ0v) is 14.6. The third kappa shape index (κ3) is 6.29. The molecule has 0 aromatic heterocycles. The van der Waals surface area contributed by atoms with E-state index in [4.69, 9.17) is 4.74 Å². The molecular weight excluding hydrogens is 306 g/mol. The molecule has 1 aromatic carbocycles. The highest BCUT2D eigenvalue weighted by Gasteiger charge is 2.15. The van der Waals surface area contributed by atoms with Crippen molar-refractivity contribution >= 4 is 11.8 Å². The smallest absolute Gasteiger partial charge is 0.239 e. The van der Waals surface area contributed by atoms with Crippen LogP contribution in [0.3, 0.4) is 0 Å². The second kappa shape index (κ2) is 9.39. The first-order valence-corrected chi connectivity index (χ1v) is 8.42. The van der Waals surface area contributed by atoms with Crippen LogP contribution in [0.5, 0.6) is 0 Å². The first-order chi connectivity index (χ1) is 11.5. The molecule has 2 rings (SSSR count). The van der Waals surface area contributed by atoms with Gasteiger partial charge in [0.15, 0.2) is 0 Å². The zero-order chi connectivity index (χ0) is 17.4. The summed E-state index contributed by atoms with van der Waals surface area (Å²) in [7, 11) is 0. The van der Waals surface area contributed by atoms with Gasteiger partial charge in [-0.3, -0.25) is 14.5 Å². The quantitative estimate of drug-likeness (QED) is 0.801. The number of nitrogens with zero attached hydrogens (tertiary/aromatic N) is 2. The van der Waals surface area contributed by atoms with E-state index >= 15 is 0 Å². The Morgan fingerprint density at radius 1 is 1.21 bits per heavy atom. The largest absolute Gasteiger partial charge is 0.379 e. The summed E-state index contributed by atoms with van der Waals surface area (Å²) < 4.78 is 5.30. The van der Waals surface area contributed by atoms with Crippen molar-refractivity contribution in [2.75, 3.05) is 45.9 Å². The molecule has 2 amide bonds. The van der Waals surface area contributed by atoms with E-state index in [0.29, 0.717) is 13.1 Å². The highest BCUT2D eigenvalue weighted by Crippen LogP contribution is 2.07. The van der Waals surface area contributed by atoms with Crippen LogP contribution in [0.25, 0.3) is 0 Å². The maximum atomic E-state index is 12.1. The predicted octanol–water partition coefficient (Wildman–Crippen LogP) is 0.792. The number of morpholine rings is 1. The SMILES string of the molecule is CC(=O)N(CC(=O)NCCN1CCOCC1)Cc1ccc(C)cc1. The Balaban J connectivity index is 1.75. The standard InChI is InChI=1S/C18H27N3O3/c1-15-3-5-17(6-4-15)13-21(16(2)22)14-18(23)19-7-8-20-9-11-24-12-10-20/h3-6H,7-14H2,1-2H3,(H,19,23). The van der Waals surface area contributed by atoms with Crippen LogP contribution in [-0.2, 0) is 20.9 Å². The average Bonchev–Trinajstić information content (AvgIpc) is 2.57. The fourth-order valence-corrected chi connectivity index (χ4v) is 2.60. The van der Waals surface area contributed by atoms with Gasteiger partial charge < -0.3 is 15.0 Å². The molecule has 1 aliphatic heterocycles. The number of hydrogen-bond acceptors (Lipinski definition) is 4. The zero-order valence-electron chi connectivity index (χ0n) is 14.6. The number of carbonyl (C=O) groups is 2. The summed E-state index contributed by atoms with van der Waals surface area (Å²) in [6, 6.07) is 8.00. The Labute approximate surface area is 143 Å². The van der Waals surface area contributed by atoms with Gasteiger partial charge in [-0.15, -0.1) is 0 Å². The van der Waals surface area contributed by atoms with Crippen molar-refractivity contribution in [1.82, 2.24) is 15.1 Å². The second-order valence-corrected chi connectivity index (χ2v) is 6.16. The van der Waals surface area contributed by atoms with Crippen molar-refractivity contribution in [3.8, 4) is 0 Å². The van der Waals surface area contributed by atoms with Gasteiger partial charge in [-0.1, -0.05) is 29.8 Å². The lowest BCUT2D eigenvalue weighted by Gasteiger charge is -2.26. The van der Waals surface area contributed by atoms with E-state index in [1.165, 1.54) is 12.5 Å². The minimum Gasteiger partial charge on any atom is -0.379 e. The monoisotopic (exact) mass is 333 g/mol. The summed E-state index contributed by atoms with van der Waals surface area (Å²) in [5.74, 6) is -0.218. The Morgan fingerprint density at radius 3 is 2.50 bits per heavy atom. The molecule has 0 saturated carbocycles. The summed E-state index contributed by atoms with van der Waals surface area (Å²) in [6.45, 7) is 8.78. The molecule has 0 aliphatic carbocycles.